The number of H-pyrrole nitrogens is 1. The molecule has 2 heterocycles. The standard InChI is InChI=1S/C22H21Cl2N3O2/c1-13-2-4-17(10-19(13)24)27-12-15(8-21(27)28)22(29)25-7-6-14-11-26-20-5-3-16(23)9-18(14)20/h2-5,9-11,15,26H,6-8,12H2,1H3,(H,25,29). The van der Waals surface area contributed by atoms with Crippen LogP contribution in [-0.2, 0) is 16.0 Å². The highest BCUT2D eigenvalue weighted by Crippen LogP contribution is 2.29. The van der Waals surface area contributed by atoms with Crippen molar-refractivity contribution in [2.24, 2.45) is 5.92 Å². The SMILES string of the molecule is Cc1ccc(N2CC(C(=O)NCCc3c[nH]c4ccc(Cl)cc34)CC2=O)cc1Cl. The number of anilines is 1. The van der Waals surface area contributed by atoms with E-state index in [0.717, 1.165) is 27.7 Å². The van der Waals surface area contributed by atoms with Gasteiger partial charge in [-0.1, -0.05) is 29.3 Å². The highest BCUT2D eigenvalue weighted by atomic mass is 35.5. The lowest BCUT2D eigenvalue weighted by atomic mass is 10.1. The third-order valence-corrected chi connectivity index (χ3v) is 6.03. The summed E-state index contributed by atoms with van der Waals surface area (Å²) in [5.74, 6) is -0.520. The summed E-state index contributed by atoms with van der Waals surface area (Å²) in [6.07, 6.45) is 2.83. The van der Waals surface area contributed by atoms with Gasteiger partial charge in [0.1, 0.15) is 0 Å². The summed E-state index contributed by atoms with van der Waals surface area (Å²) in [6, 6.07) is 11.2. The number of aromatic nitrogens is 1. The first kappa shape index (κ1) is 19.8. The van der Waals surface area contributed by atoms with Crippen molar-refractivity contribution in [1.29, 1.82) is 0 Å². The van der Waals surface area contributed by atoms with Crippen LogP contribution in [0.1, 0.15) is 17.5 Å². The fourth-order valence-electron chi connectivity index (χ4n) is 3.70. The fraction of sp³-hybridized carbons (Fsp3) is 0.273. The van der Waals surface area contributed by atoms with Gasteiger partial charge in [-0.25, -0.2) is 0 Å². The number of aromatic amines is 1. The molecule has 7 heteroatoms. The van der Waals surface area contributed by atoms with Gasteiger partial charge in [-0.2, -0.15) is 0 Å². The molecule has 2 N–H and O–H groups in total. The second-order valence-electron chi connectivity index (χ2n) is 7.38. The van der Waals surface area contributed by atoms with Gasteiger partial charge in [0.15, 0.2) is 0 Å². The highest BCUT2D eigenvalue weighted by molar-refractivity contribution is 6.32. The Morgan fingerprint density at radius 2 is 2.07 bits per heavy atom. The lowest BCUT2D eigenvalue weighted by Gasteiger charge is -2.17. The molecule has 1 saturated heterocycles. The summed E-state index contributed by atoms with van der Waals surface area (Å²) in [6.45, 7) is 2.78. The molecule has 1 aliphatic heterocycles. The minimum absolute atomic E-state index is 0.0589. The predicted molar refractivity (Wildman–Crippen MR) is 117 cm³/mol. The first-order chi connectivity index (χ1) is 13.9. The van der Waals surface area contributed by atoms with Crippen molar-refractivity contribution >= 4 is 51.6 Å². The minimum Gasteiger partial charge on any atom is -0.361 e. The number of nitrogens with zero attached hydrogens (tertiary/aromatic N) is 1. The van der Waals surface area contributed by atoms with Crippen LogP contribution in [-0.4, -0.2) is 29.9 Å². The maximum absolute atomic E-state index is 12.6. The summed E-state index contributed by atoms with van der Waals surface area (Å²) in [5.41, 5.74) is 3.80. The summed E-state index contributed by atoms with van der Waals surface area (Å²) >= 11 is 12.3. The first-order valence-electron chi connectivity index (χ1n) is 9.52. The van der Waals surface area contributed by atoms with Crippen molar-refractivity contribution in [3.8, 4) is 0 Å². The molecule has 1 fully saturated rings. The summed E-state index contributed by atoms with van der Waals surface area (Å²) in [7, 11) is 0. The Labute approximate surface area is 179 Å². The topological polar surface area (TPSA) is 65.2 Å². The largest absolute Gasteiger partial charge is 0.361 e. The van der Waals surface area contributed by atoms with Gasteiger partial charge < -0.3 is 15.2 Å². The second kappa shape index (κ2) is 8.09. The summed E-state index contributed by atoms with van der Waals surface area (Å²) < 4.78 is 0. The average molecular weight is 430 g/mol. The van der Waals surface area contributed by atoms with Crippen molar-refractivity contribution in [3.05, 3.63) is 63.8 Å². The molecule has 5 nitrogen and oxygen atoms in total. The van der Waals surface area contributed by atoms with E-state index in [4.69, 9.17) is 23.2 Å². The zero-order valence-electron chi connectivity index (χ0n) is 16.0. The molecule has 2 amide bonds. The zero-order valence-corrected chi connectivity index (χ0v) is 17.5. The number of amides is 2. The molecule has 1 unspecified atom stereocenters. The third kappa shape index (κ3) is 4.11. The van der Waals surface area contributed by atoms with E-state index in [0.29, 0.717) is 29.6 Å². The lowest BCUT2D eigenvalue weighted by molar-refractivity contribution is -0.126. The molecule has 29 heavy (non-hydrogen) atoms. The van der Waals surface area contributed by atoms with Crippen LogP contribution in [0.25, 0.3) is 10.9 Å². The van der Waals surface area contributed by atoms with Crippen LogP contribution in [0.15, 0.2) is 42.6 Å². The summed E-state index contributed by atoms with van der Waals surface area (Å²) in [5, 5.41) is 5.32. The van der Waals surface area contributed by atoms with E-state index >= 15 is 0 Å². The number of carbonyl (C=O) groups excluding carboxylic acids is 2. The third-order valence-electron chi connectivity index (χ3n) is 5.39. The smallest absolute Gasteiger partial charge is 0.227 e. The number of nitrogens with one attached hydrogen (secondary N) is 2. The Balaban J connectivity index is 1.36. The van der Waals surface area contributed by atoms with Gasteiger partial charge in [-0.05, 0) is 54.8 Å². The van der Waals surface area contributed by atoms with Crippen LogP contribution < -0.4 is 10.2 Å². The highest BCUT2D eigenvalue weighted by Gasteiger charge is 2.35. The molecular weight excluding hydrogens is 409 g/mol. The Morgan fingerprint density at radius 3 is 2.86 bits per heavy atom. The number of fused-ring (bicyclic) bond motifs is 1. The molecule has 1 aromatic heterocycles. The van der Waals surface area contributed by atoms with Gasteiger partial charge in [0, 0.05) is 52.3 Å². The Morgan fingerprint density at radius 1 is 1.24 bits per heavy atom. The molecule has 0 aliphatic carbocycles. The van der Waals surface area contributed by atoms with E-state index in [9.17, 15) is 9.59 Å². The zero-order chi connectivity index (χ0) is 20.5. The quantitative estimate of drug-likeness (QED) is 0.626. The van der Waals surface area contributed by atoms with E-state index in [1.54, 1.807) is 11.0 Å². The van der Waals surface area contributed by atoms with E-state index < -0.39 is 0 Å². The Kier molecular flexibility index (Phi) is 5.52. The molecule has 0 bridgehead atoms. The van der Waals surface area contributed by atoms with Crippen molar-refractivity contribution in [2.45, 2.75) is 19.8 Å². The van der Waals surface area contributed by atoms with Gasteiger partial charge in [-0.3, -0.25) is 9.59 Å². The number of carbonyl (C=O) groups is 2. The van der Waals surface area contributed by atoms with Crippen molar-refractivity contribution in [3.63, 3.8) is 0 Å². The van der Waals surface area contributed by atoms with Crippen LogP contribution in [0, 0.1) is 12.8 Å². The fourth-order valence-corrected chi connectivity index (χ4v) is 4.05. The molecule has 0 saturated carbocycles. The van der Waals surface area contributed by atoms with Gasteiger partial charge >= 0.3 is 0 Å². The normalized spacial score (nSPS) is 16.6. The number of hydrogen-bond donors (Lipinski definition) is 2. The van der Waals surface area contributed by atoms with Crippen molar-refractivity contribution < 1.29 is 9.59 Å². The van der Waals surface area contributed by atoms with Crippen LogP contribution in [0.3, 0.4) is 0 Å². The van der Waals surface area contributed by atoms with E-state index in [1.165, 1.54) is 0 Å². The number of halogens is 2. The predicted octanol–water partition coefficient (Wildman–Crippen LogP) is 4.49. The summed E-state index contributed by atoms with van der Waals surface area (Å²) in [4.78, 5) is 29.9. The number of benzene rings is 2. The maximum atomic E-state index is 12.6. The molecule has 1 aliphatic rings. The van der Waals surface area contributed by atoms with Crippen LogP contribution in [0.5, 0.6) is 0 Å². The molecule has 4 rings (SSSR count). The maximum Gasteiger partial charge on any atom is 0.227 e. The Bertz CT molecular complexity index is 1090. The van der Waals surface area contributed by atoms with Gasteiger partial charge in [0.2, 0.25) is 11.8 Å². The van der Waals surface area contributed by atoms with Gasteiger partial charge in [0.05, 0.1) is 5.92 Å². The molecule has 0 radical (unpaired) electrons. The molecule has 150 valence electrons. The van der Waals surface area contributed by atoms with Crippen LogP contribution >= 0.6 is 23.2 Å². The van der Waals surface area contributed by atoms with E-state index in [2.05, 4.69) is 10.3 Å². The van der Waals surface area contributed by atoms with E-state index in [1.807, 2.05) is 43.5 Å². The molecule has 1 atom stereocenters. The Hall–Kier alpha value is -2.50. The number of hydrogen-bond acceptors (Lipinski definition) is 2. The molecular formula is C22H21Cl2N3O2. The minimum atomic E-state index is -0.361. The van der Waals surface area contributed by atoms with Crippen LogP contribution in [0.4, 0.5) is 5.69 Å². The van der Waals surface area contributed by atoms with Crippen molar-refractivity contribution in [2.75, 3.05) is 18.0 Å². The molecule has 3 aromatic rings. The van der Waals surface area contributed by atoms with Crippen molar-refractivity contribution in [1.82, 2.24) is 10.3 Å². The van der Waals surface area contributed by atoms with Gasteiger partial charge in [-0.15, -0.1) is 0 Å². The molecule has 0 spiro atoms. The first-order valence-corrected chi connectivity index (χ1v) is 10.3. The van der Waals surface area contributed by atoms with Crippen LogP contribution in [0.2, 0.25) is 10.0 Å². The van der Waals surface area contributed by atoms with E-state index in [-0.39, 0.29) is 24.2 Å². The molecule has 2 aromatic carbocycles. The second-order valence-corrected chi connectivity index (χ2v) is 8.23. The number of rotatable bonds is 5. The number of aryl methyl sites for hydroxylation is 1. The van der Waals surface area contributed by atoms with Gasteiger partial charge in [0.25, 0.3) is 0 Å². The lowest BCUT2D eigenvalue weighted by Crippen LogP contribution is -2.34. The monoisotopic (exact) mass is 429 g/mol. The average Bonchev–Trinajstić information content (AvgIpc) is 3.27.